The second-order valence-electron chi connectivity index (χ2n) is 11.2. The van der Waals surface area contributed by atoms with E-state index in [4.69, 9.17) is 57.4 Å². The number of hydrogen-bond donors (Lipinski definition) is 13. The molecule has 0 radical (unpaired) electrons. The van der Waals surface area contributed by atoms with E-state index in [1.165, 1.54) is 0 Å². The highest BCUT2D eigenvalue weighted by Gasteiger charge is 2.27. The molecule has 0 saturated carbocycles. The first-order chi connectivity index (χ1) is 20.5. The second kappa shape index (κ2) is 25.0. The molecule has 0 aliphatic heterocycles. The van der Waals surface area contributed by atoms with E-state index in [9.17, 15) is 15.3 Å². The van der Waals surface area contributed by atoms with Crippen molar-refractivity contribution in [1.82, 2.24) is 10.2 Å². The Labute approximate surface area is 263 Å². The van der Waals surface area contributed by atoms with Gasteiger partial charge in [0.1, 0.15) is 0 Å². The molecule has 13 N–H and O–H groups in total. The molecule has 0 spiro atoms. The number of rotatable bonds is 31. The number of nitrogens with one attached hydrogen (secondary N) is 1. The number of ether oxygens (including phenoxy) is 3. The van der Waals surface area contributed by atoms with Gasteiger partial charge >= 0.3 is 26.4 Å². The van der Waals surface area contributed by atoms with Crippen molar-refractivity contribution < 1.29 is 72.7 Å². The summed E-state index contributed by atoms with van der Waals surface area (Å²) in [6, 6.07) is -0.424. The summed E-state index contributed by atoms with van der Waals surface area (Å²) in [5.74, 6) is 0. The topological polar surface area (TPSA) is 286 Å². The smallest absolute Gasteiger partial charge is 0.390 e. The van der Waals surface area contributed by atoms with Crippen LogP contribution in [0, 0.1) is 0 Å². The first-order valence-electron chi connectivity index (χ1n) is 15.2. The third-order valence-corrected chi connectivity index (χ3v) is 9.30. The van der Waals surface area contributed by atoms with Crippen LogP contribution in [0.5, 0.6) is 0 Å². The molecule has 44 heavy (non-hydrogen) atoms. The maximum absolute atomic E-state index is 10.4. The summed E-state index contributed by atoms with van der Waals surface area (Å²) in [7, 11) is -12.3. The zero-order valence-electron chi connectivity index (χ0n) is 25.6. The van der Waals surface area contributed by atoms with Crippen molar-refractivity contribution in [1.29, 1.82) is 0 Å². The number of hydrogen-bond acceptors (Lipinski definition) is 17. The van der Waals surface area contributed by atoms with E-state index in [0.717, 1.165) is 25.7 Å². The van der Waals surface area contributed by atoms with Gasteiger partial charge in [-0.25, -0.2) is 0 Å². The van der Waals surface area contributed by atoms with Gasteiger partial charge in [0.2, 0.25) is 0 Å². The van der Waals surface area contributed by atoms with Crippen molar-refractivity contribution in [2.75, 3.05) is 72.4 Å². The number of unbranched alkanes of at least 4 members (excludes halogenated alkanes) is 3. The van der Waals surface area contributed by atoms with Gasteiger partial charge in [0.15, 0.2) is 0 Å². The van der Waals surface area contributed by atoms with Crippen LogP contribution in [0.25, 0.3) is 0 Å². The van der Waals surface area contributed by atoms with E-state index in [1.807, 2.05) is 4.90 Å². The fourth-order valence-electron chi connectivity index (χ4n) is 4.12. The van der Waals surface area contributed by atoms with Crippen molar-refractivity contribution in [3.63, 3.8) is 0 Å². The lowest BCUT2D eigenvalue weighted by atomic mass is 10.1. The molecule has 0 saturated heterocycles. The Balaban J connectivity index is 4.29. The van der Waals surface area contributed by atoms with Crippen LogP contribution in [0.15, 0.2) is 0 Å². The predicted molar refractivity (Wildman–Crippen MR) is 164 cm³/mol. The van der Waals surface area contributed by atoms with Crippen LogP contribution in [-0.4, -0.2) is 180 Å². The Hall–Kier alpha value is -0.0294. The molecule has 3 atom stereocenters. The van der Waals surface area contributed by atoms with Crippen LogP contribution in [-0.2, 0) is 14.2 Å². The van der Waals surface area contributed by atoms with Crippen molar-refractivity contribution in [2.24, 2.45) is 0 Å². The Morgan fingerprint density at radius 3 is 1.30 bits per heavy atom. The quantitative estimate of drug-likeness (QED) is 0.0240. The summed E-state index contributed by atoms with van der Waals surface area (Å²) < 4.78 is 16.0. The van der Waals surface area contributed by atoms with E-state index < -0.39 is 44.7 Å². The zero-order valence-corrected chi connectivity index (χ0v) is 28.6. The maximum atomic E-state index is 10.4. The highest BCUT2D eigenvalue weighted by Crippen LogP contribution is 2.07. The van der Waals surface area contributed by atoms with E-state index in [0.29, 0.717) is 26.1 Å². The molecule has 0 fully saturated rings. The average molecular weight is 699 g/mol. The lowest BCUT2D eigenvalue weighted by molar-refractivity contribution is -0.0107. The Kier molecular flexibility index (Phi) is 25.0. The summed E-state index contributed by atoms with van der Waals surface area (Å²) in [6.45, 7) is 2.64. The second-order valence-corrected chi connectivity index (χ2v) is 17.3. The monoisotopic (exact) mass is 698 g/mol. The van der Waals surface area contributed by atoms with E-state index in [1.54, 1.807) is 0 Å². The molecule has 0 aliphatic carbocycles. The van der Waals surface area contributed by atoms with Crippen molar-refractivity contribution >= 4 is 26.4 Å². The third-order valence-electron chi connectivity index (χ3n) is 6.23. The molecule has 0 aliphatic rings. The normalized spacial score (nSPS) is 15.2. The fraction of sp³-hybridized carbons (Fsp3) is 1.00. The number of aliphatic hydroxyl groups excluding tert-OH is 3. The highest BCUT2D eigenvalue weighted by molar-refractivity contribution is 6.56. The molecule has 0 aromatic rings. The van der Waals surface area contributed by atoms with Crippen LogP contribution < -0.4 is 5.32 Å². The first-order valence-corrected chi connectivity index (χ1v) is 21.3. The third kappa shape index (κ3) is 33.3. The Bertz CT molecular complexity index is 640. The molecular formula is C24H58N2O15Si3. The van der Waals surface area contributed by atoms with E-state index in [2.05, 4.69) is 5.32 Å². The van der Waals surface area contributed by atoms with Crippen LogP contribution in [0.4, 0.5) is 0 Å². The molecule has 0 rings (SSSR count). The van der Waals surface area contributed by atoms with Crippen molar-refractivity contribution in [2.45, 2.75) is 81.4 Å². The summed E-state index contributed by atoms with van der Waals surface area (Å²) in [4.78, 5) is 83.0. The largest absolute Gasteiger partial charge is 0.492 e. The standard InChI is InChI=1S/C24H58N2O15Si3/c27-22(19-39-10-5-13-42(30,31)32)16-25-8-3-1-2-4-9-26(17-23(28)20-40-11-6-14-43(33,34)35)18-24(29)21-41-12-7-15-44(36,37)38/h22-25,27-38H,1-21H2. The Morgan fingerprint density at radius 1 is 0.500 bits per heavy atom. The molecule has 0 amide bonds. The minimum Gasteiger partial charge on any atom is -0.390 e. The van der Waals surface area contributed by atoms with Gasteiger partial charge in [-0.05, 0) is 45.2 Å². The van der Waals surface area contributed by atoms with Crippen LogP contribution in [0.2, 0.25) is 18.1 Å². The molecule has 0 heterocycles. The van der Waals surface area contributed by atoms with E-state index >= 15 is 0 Å². The molecule has 0 bridgehead atoms. The van der Waals surface area contributed by atoms with Gasteiger partial charge in [-0.2, -0.15) is 0 Å². The van der Waals surface area contributed by atoms with Gasteiger partial charge in [0.25, 0.3) is 0 Å². The summed E-state index contributed by atoms with van der Waals surface area (Å²) >= 11 is 0. The molecule has 20 heteroatoms. The molecule has 0 aromatic carbocycles. The molecule has 3 unspecified atom stereocenters. The van der Waals surface area contributed by atoms with Gasteiger partial charge in [-0.15, -0.1) is 0 Å². The molecule has 266 valence electrons. The predicted octanol–water partition coefficient (Wildman–Crippen LogP) is -4.51. The van der Waals surface area contributed by atoms with Crippen LogP contribution in [0.1, 0.15) is 44.9 Å². The maximum Gasteiger partial charge on any atom is 0.492 e. The van der Waals surface area contributed by atoms with Gasteiger partial charge < -0.3 is 78.0 Å². The summed E-state index contributed by atoms with van der Waals surface area (Å²) in [5, 5.41) is 33.9. The van der Waals surface area contributed by atoms with Gasteiger partial charge in [0.05, 0.1) is 38.1 Å². The minimum atomic E-state index is -4.12. The number of aliphatic hydroxyl groups is 3. The fourth-order valence-corrected chi connectivity index (χ4v) is 5.97. The molecular weight excluding hydrogens is 641 g/mol. The Morgan fingerprint density at radius 2 is 0.886 bits per heavy atom. The van der Waals surface area contributed by atoms with Crippen LogP contribution in [0.3, 0.4) is 0 Å². The lowest BCUT2D eigenvalue weighted by Crippen LogP contribution is -2.41. The van der Waals surface area contributed by atoms with Gasteiger partial charge in [0, 0.05) is 57.6 Å². The van der Waals surface area contributed by atoms with Gasteiger partial charge in [-0.1, -0.05) is 12.8 Å². The molecule has 0 aromatic heterocycles. The first kappa shape index (κ1) is 44.0. The zero-order chi connectivity index (χ0) is 33.5. The molecule has 17 nitrogen and oxygen atoms in total. The SMILES string of the molecule is OC(CNCCCCCCN(CC(O)COCCC[Si](O)(O)O)CC(O)COCCC[Si](O)(O)O)COCCC[Si](O)(O)O. The van der Waals surface area contributed by atoms with Gasteiger partial charge in [-0.3, -0.25) is 4.90 Å². The van der Waals surface area contributed by atoms with Crippen molar-refractivity contribution in [3.8, 4) is 0 Å². The number of nitrogens with zero attached hydrogens (tertiary/aromatic N) is 1. The van der Waals surface area contributed by atoms with E-state index in [-0.39, 0.29) is 83.7 Å². The summed E-state index contributed by atoms with van der Waals surface area (Å²) in [5.41, 5.74) is 0. The van der Waals surface area contributed by atoms with Crippen molar-refractivity contribution in [3.05, 3.63) is 0 Å². The lowest BCUT2D eigenvalue weighted by Gasteiger charge is -2.27. The minimum absolute atomic E-state index is 0.00611. The van der Waals surface area contributed by atoms with Crippen LogP contribution >= 0.6 is 0 Å². The summed E-state index contributed by atoms with van der Waals surface area (Å²) in [6.07, 6.45) is 1.79. The highest BCUT2D eigenvalue weighted by atomic mass is 28.4. The average Bonchev–Trinajstić information content (AvgIpc) is 2.87.